The molecule has 2 N–H and O–H groups in total. The zero-order valence-corrected chi connectivity index (χ0v) is 11.1. The molecule has 0 aromatic heterocycles. The number of rotatable bonds is 1. The minimum atomic E-state index is -4.18. The Kier molecular flexibility index (Phi) is 2.98. The lowest BCUT2D eigenvalue weighted by molar-refractivity contribution is 0.482. The molecule has 88 valence electrons. The Labute approximate surface area is 103 Å². The Morgan fingerprint density at radius 1 is 1.50 bits per heavy atom. The van der Waals surface area contributed by atoms with Gasteiger partial charge in [0.15, 0.2) is 0 Å². The van der Waals surface area contributed by atoms with Crippen molar-refractivity contribution >= 4 is 31.7 Å². The molecular weight excluding hydrogens is 294 g/mol. The summed E-state index contributed by atoms with van der Waals surface area (Å²) in [6.45, 7) is 2.81. The highest BCUT2D eigenvalue weighted by molar-refractivity contribution is 9.10. The number of benzene rings is 1. The Bertz CT molecular complexity index is 527. The molecule has 4 nitrogen and oxygen atoms in total. The lowest BCUT2D eigenvalue weighted by Gasteiger charge is -2.25. The molecule has 1 heterocycles. The average molecular weight is 306 g/mol. The molecule has 2 rings (SSSR count). The summed E-state index contributed by atoms with van der Waals surface area (Å²) < 4.78 is 32.3. The van der Waals surface area contributed by atoms with Crippen molar-refractivity contribution < 1.29 is 13.0 Å². The molecule has 6 heteroatoms. The summed E-state index contributed by atoms with van der Waals surface area (Å²) in [5.74, 6) is 0.455. The van der Waals surface area contributed by atoms with Crippen molar-refractivity contribution in [3.05, 3.63) is 22.2 Å². The smallest absolute Gasteiger partial charge is 0.296 e. The molecular formula is C10H12BrNO3S. The first-order valence-electron chi connectivity index (χ1n) is 4.91. The second-order valence-corrected chi connectivity index (χ2v) is 6.41. The van der Waals surface area contributed by atoms with Crippen LogP contribution < -0.4 is 5.32 Å². The summed E-state index contributed by atoms with van der Waals surface area (Å²) in [5, 5.41) is 3.05. The van der Waals surface area contributed by atoms with E-state index in [1.54, 1.807) is 0 Å². The maximum absolute atomic E-state index is 11.2. The first kappa shape index (κ1) is 11.9. The topological polar surface area (TPSA) is 66.4 Å². The second-order valence-electron chi connectivity index (χ2n) is 4.10. The van der Waals surface area contributed by atoms with Crippen LogP contribution >= 0.6 is 15.9 Å². The maximum Gasteiger partial charge on any atom is 0.296 e. The monoisotopic (exact) mass is 305 g/mol. The molecule has 0 aliphatic carbocycles. The van der Waals surface area contributed by atoms with Crippen LogP contribution in [0.1, 0.15) is 12.5 Å². The van der Waals surface area contributed by atoms with Crippen LogP contribution in [0, 0.1) is 5.92 Å². The molecule has 1 aromatic carbocycles. The van der Waals surface area contributed by atoms with Crippen molar-refractivity contribution in [1.82, 2.24) is 0 Å². The van der Waals surface area contributed by atoms with Gasteiger partial charge < -0.3 is 5.32 Å². The van der Waals surface area contributed by atoms with Crippen LogP contribution in [-0.4, -0.2) is 19.5 Å². The number of fused-ring (bicyclic) bond motifs is 1. The highest BCUT2D eigenvalue weighted by atomic mass is 79.9. The molecule has 0 saturated carbocycles. The maximum atomic E-state index is 11.2. The van der Waals surface area contributed by atoms with E-state index in [9.17, 15) is 8.42 Å². The van der Waals surface area contributed by atoms with Crippen LogP contribution in [0.5, 0.6) is 0 Å². The lowest BCUT2D eigenvalue weighted by Crippen LogP contribution is -2.22. The average Bonchev–Trinajstić information content (AvgIpc) is 2.14. The number of nitrogens with one attached hydrogen (secondary N) is 1. The van der Waals surface area contributed by atoms with E-state index in [0.717, 1.165) is 18.5 Å². The molecule has 1 aliphatic rings. The van der Waals surface area contributed by atoms with E-state index in [1.807, 2.05) is 6.07 Å². The first-order valence-corrected chi connectivity index (χ1v) is 7.15. The quantitative estimate of drug-likeness (QED) is 0.781. The highest BCUT2D eigenvalue weighted by Crippen LogP contribution is 2.34. The zero-order chi connectivity index (χ0) is 11.9. The fourth-order valence-electron chi connectivity index (χ4n) is 1.92. The fraction of sp³-hybridized carbons (Fsp3) is 0.400. The van der Waals surface area contributed by atoms with Crippen molar-refractivity contribution in [2.24, 2.45) is 5.92 Å². The van der Waals surface area contributed by atoms with Crippen LogP contribution in [0.2, 0.25) is 0 Å². The van der Waals surface area contributed by atoms with E-state index in [0.29, 0.717) is 16.1 Å². The summed E-state index contributed by atoms with van der Waals surface area (Å²) in [4.78, 5) is -0.0521. The van der Waals surface area contributed by atoms with Crippen molar-refractivity contribution in [1.29, 1.82) is 0 Å². The number of hydrogen-bond donors (Lipinski definition) is 2. The third-order valence-electron chi connectivity index (χ3n) is 2.62. The fourth-order valence-corrected chi connectivity index (χ4v) is 3.32. The van der Waals surface area contributed by atoms with Crippen molar-refractivity contribution in [3.63, 3.8) is 0 Å². The summed E-state index contributed by atoms with van der Waals surface area (Å²) >= 11 is 3.25. The molecule has 0 saturated heterocycles. The van der Waals surface area contributed by atoms with E-state index in [1.165, 1.54) is 6.07 Å². The Hall–Kier alpha value is -0.590. The van der Waals surface area contributed by atoms with E-state index < -0.39 is 10.1 Å². The van der Waals surface area contributed by atoms with Crippen LogP contribution in [-0.2, 0) is 16.5 Å². The van der Waals surface area contributed by atoms with Gasteiger partial charge >= 0.3 is 0 Å². The Morgan fingerprint density at radius 2 is 2.19 bits per heavy atom. The van der Waals surface area contributed by atoms with Crippen LogP contribution in [0.4, 0.5) is 5.69 Å². The van der Waals surface area contributed by atoms with Gasteiger partial charge in [-0.15, -0.1) is 0 Å². The molecule has 1 aliphatic heterocycles. The molecule has 1 atom stereocenters. The van der Waals surface area contributed by atoms with Gasteiger partial charge in [0.2, 0.25) is 0 Å². The second kappa shape index (κ2) is 4.01. The predicted molar refractivity (Wildman–Crippen MR) is 65.3 cm³/mol. The van der Waals surface area contributed by atoms with Crippen LogP contribution in [0.3, 0.4) is 0 Å². The van der Waals surface area contributed by atoms with Gasteiger partial charge in [0.05, 0.1) is 5.69 Å². The Balaban J connectivity index is 2.64. The minimum Gasteiger partial charge on any atom is -0.383 e. The van der Waals surface area contributed by atoms with Crippen LogP contribution in [0.15, 0.2) is 21.5 Å². The first-order chi connectivity index (χ1) is 7.38. The van der Waals surface area contributed by atoms with Gasteiger partial charge in [-0.2, -0.15) is 8.42 Å². The van der Waals surface area contributed by atoms with Crippen molar-refractivity contribution in [3.8, 4) is 0 Å². The van der Waals surface area contributed by atoms with E-state index >= 15 is 0 Å². The van der Waals surface area contributed by atoms with E-state index in [-0.39, 0.29) is 4.90 Å². The van der Waals surface area contributed by atoms with Gasteiger partial charge in [-0.25, -0.2) is 0 Å². The van der Waals surface area contributed by atoms with Gasteiger partial charge in [0, 0.05) is 11.0 Å². The minimum absolute atomic E-state index is 0.0521. The summed E-state index contributed by atoms with van der Waals surface area (Å²) in [5.41, 5.74) is 1.45. The lowest BCUT2D eigenvalue weighted by atomic mass is 9.96. The van der Waals surface area contributed by atoms with Gasteiger partial charge in [-0.1, -0.05) is 22.9 Å². The summed E-state index contributed by atoms with van der Waals surface area (Å²) in [6, 6.07) is 3.30. The van der Waals surface area contributed by atoms with Crippen LogP contribution in [0.25, 0.3) is 0 Å². The molecule has 1 unspecified atom stereocenters. The van der Waals surface area contributed by atoms with Crippen molar-refractivity contribution in [2.75, 3.05) is 11.9 Å². The molecule has 0 fully saturated rings. The van der Waals surface area contributed by atoms with Gasteiger partial charge in [0.1, 0.15) is 4.90 Å². The van der Waals surface area contributed by atoms with Gasteiger partial charge in [0.25, 0.3) is 10.1 Å². The van der Waals surface area contributed by atoms with Gasteiger partial charge in [-0.05, 0) is 30.0 Å². The molecule has 1 aromatic rings. The number of halogens is 1. The zero-order valence-electron chi connectivity index (χ0n) is 8.70. The Morgan fingerprint density at radius 3 is 2.81 bits per heavy atom. The third kappa shape index (κ3) is 2.23. The standard InChI is InChI=1S/C10H12BrNO3S/c1-6-2-7-3-8(11)4-9(16(13,14)15)10(7)12-5-6/h3-4,6,12H,2,5H2,1H3,(H,13,14,15). The molecule has 0 spiro atoms. The predicted octanol–water partition coefficient (Wildman–Crippen LogP) is 2.30. The largest absolute Gasteiger partial charge is 0.383 e. The molecule has 0 amide bonds. The number of hydrogen-bond acceptors (Lipinski definition) is 3. The number of anilines is 1. The molecule has 0 bridgehead atoms. The van der Waals surface area contributed by atoms with E-state index in [4.69, 9.17) is 4.55 Å². The molecule has 16 heavy (non-hydrogen) atoms. The SMILES string of the molecule is CC1CNc2c(cc(Br)cc2S(=O)(=O)O)C1. The normalized spacial score (nSPS) is 20.1. The summed E-state index contributed by atoms with van der Waals surface area (Å²) in [6.07, 6.45) is 0.810. The van der Waals surface area contributed by atoms with Crippen molar-refractivity contribution in [2.45, 2.75) is 18.2 Å². The van der Waals surface area contributed by atoms with Gasteiger partial charge in [-0.3, -0.25) is 4.55 Å². The van der Waals surface area contributed by atoms with E-state index in [2.05, 4.69) is 28.2 Å². The molecule has 0 radical (unpaired) electrons. The highest BCUT2D eigenvalue weighted by Gasteiger charge is 2.23. The summed E-state index contributed by atoms with van der Waals surface area (Å²) in [7, 11) is -4.18. The third-order valence-corrected chi connectivity index (χ3v) is 3.96.